The summed E-state index contributed by atoms with van der Waals surface area (Å²) < 4.78 is 0.735. The van der Waals surface area contributed by atoms with Gasteiger partial charge in [-0.05, 0) is 41.4 Å². The first kappa shape index (κ1) is 18.3. The number of nitrogens with zero attached hydrogens (tertiary/aromatic N) is 1. The van der Waals surface area contributed by atoms with Crippen LogP contribution in [-0.4, -0.2) is 26.8 Å². The number of amides is 2. The Bertz CT molecular complexity index is 1050. The van der Waals surface area contributed by atoms with E-state index in [0.717, 1.165) is 14.9 Å². The number of hydrazine groups is 1. The maximum absolute atomic E-state index is 12.2. The predicted molar refractivity (Wildman–Crippen MR) is 102 cm³/mol. The molecule has 3 aromatic rings. The molecule has 26 heavy (non-hydrogen) atoms. The Kier molecular flexibility index (Phi) is 5.23. The summed E-state index contributed by atoms with van der Waals surface area (Å²) in [5, 5.41) is 0.602. The van der Waals surface area contributed by atoms with Crippen LogP contribution in [0.1, 0.15) is 33.2 Å². The van der Waals surface area contributed by atoms with Crippen molar-refractivity contribution in [2.45, 2.75) is 26.7 Å². The summed E-state index contributed by atoms with van der Waals surface area (Å²) in [5.74, 6) is -0.398. The van der Waals surface area contributed by atoms with Gasteiger partial charge in [0.2, 0.25) is 5.91 Å². The Morgan fingerprint density at radius 3 is 2.77 bits per heavy atom. The van der Waals surface area contributed by atoms with E-state index in [9.17, 15) is 14.4 Å². The van der Waals surface area contributed by atoms with Crippen molar-refractivity contribution in [3.05, 3.63) is 49.0 Å². The zero-order valence-corrected chi connectivity index (χ0v) is 16.4. The highest BCUT2D eigenvalue weighted by Gasteiger charge is 2.13. The van der Waals surface area contributed by atoms with Gasteiger partial charge >= 0.3 is 0 Å². The number of hydrogen-bond donors (Lipinski definition) is 4. The fourth-order valence-corrected chi connectivity index (χ4v) is 3.80. The molecule has 0 saturated carbocycles. The van der Waals surface area contributed by atoms with Crippen LogP contribution in [-0.2, 0) is 11.2 Å². The van der Waals surface area contributed by atoms with E-state index >= 15 is 0 Å². The molecule has 136 valence electrons. The zero-order valence-electron chi connectivity index (χ0n) is 14.0. The molecule has 0 saturated heterocycles. The van der Waals surface area contributed by atoms with Crippen LogP contribution in [0.25, 0.3) is 10.2 Å². The van der Waals surface area contributed by atoms with Crippen LogP contribution >= 0.6 is 27.3 Å². The average Bonchev–Trinajstić information content (AvgIpc) is 3.15. The predicted octanol–water partition coefficient (Wildman–Crippen LogP) is 2.09. The molecule has 0 aliphatic rings. The normalized spacial score (nSPS) is 10.9. The first-order valence-corrected chi connectivity index (χ1v) is 9.38. The first-order chi connectivity index (χ1) is 12.3. The molecular formula is C16H16BrN5O3S. The molecule has 0 fully saturated rings. The molecule has 4 N–H and O–H groups in total. The summed E-state index contributed by atoms with van der Waals surface area (Å²) in [6, 6.07) is 1.59. The van der Waals surface area contributed by atoms with Crippen molar-refractivity contribution < 1.29 is 9.59 Å². The minimum Gasteiger partial charge on any atom is -0.356 e. The molecule has 0 unspecified atom stereocenters. The van der Waals surface area contributed by atoms with Gasteiger partial charge in [-0.2, -0.15) is 0 Å². The maximum atomic E-state index is 12.2. The van der Waals surface area contributed by atoms with Crippen LogP contribution in [0.5, 0.6) is 0 Å². The number of H-pyrrole nitrogens is 2. The quantitative estimate of drug-likeness (QED) is 0.467. The van der Waals surface area contributed by atoms with E-state index < -0.39 is 5.91 Å². The van der Waals surface area contributed by atoms with Crippen LogP contribution in [0.2, 0.25) is 0 Å². The van der Waals surface area contributed by atoms with Crippen LogP contribution in [0.3, 0.4) is 0 Å². The molecule has 0 spiro atoms. The van der Waals surface area contributed by atoms with E-state index in [1.54, 1.807) is 12.3 Å². The molecule has 2 amide bonds. The monoisotopic (exact) mass is 437 g/mol. The third kappa shape index (κ3) is 3.86. The topological polar surface area (TPSA) is 120 Å². The van der Waals surface area contributed by atoms with Crippen LogP contribution < -0.4 is 16.4 Å². The third-order valence-electron chi connectivity index (χ3n) is 3.88. The van der Waals surface area contributed by atoms with Gasteiger partial charge in [0, 0.05) is 28.4 Å². The van der Waals surface area contributed by atoms with E-state index in [-0.39, 0.29) is 24.3 Å². The molecule has 0 bridgehead atoms. The van der Waals surface area contributed by atoms with Crippen LogP contribution in [0.15, 0.2) is 21.5 Å². The number of aromatic nitrogens is 3. The Morgan fingerprint density at radius 2 is 2.08 bits per heavy atom. The van der Waals surface area contributed by atoms with Crippen molar-refractivity contribution in [1.82, 2.24) is 25.8 Å². The molecule has 3 heterocycles. The Morgan fingerprint density at radius 1 is 1.31 bits per heavy atom. The largest absolute Gasteiger partial charge is 0.356 e. The number of carbonyl (C=O) groups excluding carboxylic acids is 2. The van der Waals surface area contributed by atoms with Crippen LogP contribution in [0, 0.1) is 13.8 Å². The molecule has 0 aromatic carbocycles. The number of aromatic amines is 2. The summed E-state index contributed by atoms with van der Waals surface area (Å²) in [5.41, 5.74) is 5.71. The van der Waals surface area contributed by atoms with Gasteiger partial charge in [0.15, 0.2) is 0 Å². The summed E-state index contributed by atoms with van der Waals surface area (Å²) in [7, 11) is 0. The molecule has 8 nitrogen and oxygen atoms in total. The molecule has 3 rings (SSSR count). The standard InChI is InChI=1S/C16H16BrN5O3S/c1-7-8(2)26-16-13(7)15(25)19-11(20-16)3-4-12(23)21-22-14(24)10-5-9(17)6-18-10/h5-6,18H,3-4H2,1-2H3,(H,21,23)(H,22,24)(H,19,20,25). The number of nitrogens with one attached hydrogen (secondary N) is 4. The number of rotatable bonds is 4. The summed E-state index contributed by atoms with van der Waals surface area (Å²) in [4.78, 5) is 47.5. The fraction of sp³-hybridized carbons (Fsp3) is 0.250. The smallest absolute Gasteiger partial charge is 0.286 e. The van der Waals surface area contributed by atoms with Crippen LogP contribution in [0.4, 0.5) is 0 Å². The molecule has 10 heteroatoms. The van der Waals surface area contributed by atoms with E-state index in [2.05, 4.69) is 41.7 Å². The second-order valence-corrected chi connectivity index (χ2v) is 7.83. The minimum atomic E-state index is -0.457. The van der Waals surface area contributed by atoms with Gasteiger partial charge < -0.3 is 9.97 Å². The number of thiophene rings is 1. The van der Waals surface area contributed by atoms with Gasteiger partial charge in [0.05, 0.1) is 5.39 Å². The minimum absolute atomic E-state index is 0.0759. The molecule has 0 aliphatic heterocycles. The van der Waals surface area contributed by atoms with Crippen molar-refractivity contribution in [1.29, 1.82) is 0 Å². The van der Waals surface area contributed by atoms with Crippen molar-refractivity contribution in [2.24, 2.45) is 0 Å². The van der Waals surface area contributed by atoms with Gasteiger partial charge in [0.25, 0.3) is 11.5 Å². The number of halogens is 1. The molecule has 0 atom stereocenters. The molecule has 0 aliphatic carbocycles. The number of fused-ring (bicyclic) bond motifs is 1. The lowest BCUT2D eigenvalue weighted by Crippen LogP contribution is -2.41. The average molecular weight is 438 g/mol. The van der Waals surface area contributed by atoms with Crippen molar-refractivity contribution in [3.63, 3.8) is 0 Å². The fourth-order valence-electron chi connectivity index (χ4n) is 2.40. The van der Waals surface area contributed by atoms with Gasteiger partial charge in [-0.1, -0.05) is 0 Å². The van der Waals surface area contributed by atoms with Gasteiger partial charge in [-0.25, -0.2) is 4.98 Å². The van der Waals surface area contributed by atoms with E-state index in [1.165, 1.54) is 11.3 Å². The molecular weight excluding hydrogens is 422 g/mol. The van der Waals surface area contributed by atoms with E-state index in [4.69, 9.17) is 0 Å². The second kappa shape index (κ2) is 7.42. The number of hydrogen-bond acceptors (Lipinski definition) is 5. The molecule has 3 aromatic heterocycles. The lowest BCUT2D eigenvalue weighted by Gasteiger charge is -2.06. The second-order valence-electron chi connectivity index (χ2n) is 5.71. The van der Waals surface area contributed by atoms with Gasteiger partial charge in [0.1, 0.15) is 16.3 Å². The van der Waals surface area contributed by atoms with Gasteiger partial charge in [-0.15, -0.1) is 11.3 Å². The summed E-state index contributed by atoms with van der Waals surface area (Å²) in [6.45, 7) is 3.84. The lowest BCUT2D eigenvalue weighted by atomic mass is 10.2. The Hall–Kier alpha value is -2.46. The van der Waals surface area contributed by atoms with Crippen molar-refractivity contribution in [2.75, 3.05) is 0 Å². The van der Waals surface area contributed by atoms with E-state index in [1.807, 2.05) is 13.8 Å². The first-order valence-electron chi connectivity index (χ1n) is 7.77. The maximum Gasteiger partial charge on any atom is 0.286 e. The summed E-state index contributed by atoms with van der Waals surface area (Å²) >= 11 is 4.69. The Labute approximate surface area is 160 Å². The zero-order chi connectivity index (χ0) is 18.8. The Balaban J connectivity index is 1.58. The lowest BCUT2D eigenvalue weighted by molar-refractivity contribution is -0.121. The highest BCUT2D eigenvalue weighted by Crippen LogP contribution is 2.25. The SMILES string of the molecule is Cc1sc2nc(CCC(=O)NNC(=O)c3cc(Br)c[nH]3)[nH]c(=O)c2c1C. The number of aryl methyl sites for hydroxylation is 3. The summed E-state index contributed by atoms with van der Waals surface area (Å²) in [6.07, 6.45) is 1.95. The van der Waals surface area contributed by atoms with Crippen molar-refractivity contribution in [3.8, 4) is 0 Å². The van der Waals surface area contributed by atoms with E-state index in [0.29, 0.717) is 21.7 Å². The van der Waals surface area contributed by atoms with Gasteiger partial charge in [-0.3, -0.25) is 25.2 Å². The number of carbonyl (C=O) groups is 2. The molecule has 0 radical (unpaired) electrons. The highest BCUT2D eigenvalue weighted by molar-refractivity contribution is 9.10. The third-order valence-corrected chi connectivity index (χ3v) is 5.44. The highest BCUT2D eigenvalue weighted by atomic mass is 79.9. The van der Waals surface area contributed by atoms with Crippen molar-refractivity contribution >= 4 is 49.3 Å².